The Bertz CT molecular complexity index is 1870. The average Bonchev–Trinajstić information content (AvgIpc) is 3.47. The SMILES string of the molecule is CC/C=C\C/C=C\C/C=C\C/C=C\C/C=C\C/C=C\CCCCCCCCCCCCCCC(=O)OCC(COC(=O)CCCCCCC/C=C\C/C=C\CCCC)OC(=O)CC/C=C\C/C=C\C/C=C\C/C=C\C/C=C\C/C=C\CC. The van der Waals surface area contributed by atoms with Gasteiger partial charge in [0.2, 0.25) is 0 Å². The number of carbonyl (C=O) groups is 3. The van der Waals surface area contributed by atoms with Crippen molar-refractivity contribution < 1.29 is 28.6 Å². The van der Waals surface area contributed by atoms with Crippen LogP contribution in [0.5, 0.6) is 0 Å². The molecule has 6 heteroatoms. The first-order valence-corrected chi connectivity index (χ1v) is 33.1. The Morgan fingerprint density at radius 2 is 0.500 bits per heavy atom. The number of unbranched alkanes of at least 4 members (excludes halogenated alkanes) is 19. The van der Waals surface area contributed by atoms with Crippen molar-refractivity contribution in [2.75, 3.05) is 13.2 Å². The normalized spacial score (nSPS) is 13.3. The third kappa shape index (κ3) is 65.6. The lowest BCUT2D eigenvalue weighted by atomic mass is 10.0. The van der Waals surface area contributed by atoms with E-state index in [1.165, 1.54) is 83.5 Å². The van der Waals surface area contributed by atoms with Crippen LogP contribution in [0.25, 0.3) is 0 Å². The minimum Gasteiger partial charge on any atom is -0.462 e. The summed E-state index contributed by atoms with van der Waals surface area (Å²) in [6.45, 7) is 6.29. The molecule has 0 aliphatic heterocycles. The summed E-state index contributed by atoms with van der Waals surface area (Å²) in [5.74, 6) is -1.02. The fourth-order valence-corrected chi connectivity index (χ4v) is 8.55. The minimum atomic E-state index is -0.834. The molecule has 0 bridgehead atoms. The van der Waals surface area contributed by atoms with Gasteiger partial charge in [0, 0.05) is 19.3 Å². The maximum Gasteiger partial charge on any atom is 0.306 e. The van der Waals surface area contributed by atoms with E-state index in [0.717, 1.165) is 141 Å². The Labute approximate surface area is 504 Å². The minimum absolute atomic E-state index is 0.120. The summed E-state index contributed by atoms with van der Waals surface area (Å²) in [6.07, 6.45) is 101. The second kappa shape index (κ2) is 68.3. The van der Waals surface area contributed by atoms with Gasteiger partial charge >= 0.3 is 17.9 Å². The van der Waals surface area contributed by atoms with Crippen LogP contribution in [-0.2, 0) is 28.6 Å². The lowest BCUT2D eigenvalue weighted by Crippen LogP contribution is -2.30. The summed E-state index contributed by atoms with van der Waals surface area (Å²) in [4.78, 5) is 38.3. The Morgan fingerprint density at radius 3 is 0.793 bits per heavy atom. The molecular formula is C76H120O6. The number of carbonyl (C=O) groups excluding carboxylic acids is 3. The van der Waals surface area contributed by atoms with E-state index in [0.29, 0.717) is 19.3 Å². The molecule has 0 spiro atoms. The summed E-state index contributed by atoms with van der Waals surface area (Å²) in [7, 11) is 0. The first-order valence-electron chi connectivity index (χ1n) is 33.1. The maximum atomic E-state index is 12.9. The molecule has 1 atom stereocenters. The molecule has 0 aromatic rings. The summed E-state index contributed by atoms with van der Waals surface area (Å²) in [5, 5.41) is 0. The summed E-state index contributed by atoms with van der Waals surface area (Å²) in [6, 6.07) is 0. The zero-order valence-electron chi connectivity index (χ0n) is 52.7. The third-order valence-corrected chi connectivity index (χ3v) is 13.4. The van der Waals surface area contributed by atoms with E-state index in [9.17, 15) is 14.4 Å². The first kappa shape index (κ1) is 76.8. The van der Waals surface area contributed by atoms with Gasteiger partial charge in [0.05, 0.1) is 0 Å². The molecule has 0 saturated carbocycles. The molecule has 0 aromatic carbocycles. The largest absolute Gasteiger partial charge is 0.462 e. The lowest BCUT2D eigenvalue weighted by Gasteiger charge is -2.18. The Morgan fingerprint density at radius 1 is 0.256 bits per heavy atom. The number of rotatable bonds is 58. The van der Waals surface area contributed by atoms with Crippen LogP contribution in [0.3, 0.4) is 0 Å². The van der Waals surface area contributed by atoms with E-state index in [1.807, 2.05) is 12.2 Å². The van der Waals surface area contributed by atoms with Crippen LogP contribution >= 0.6 is 0 Å². The molecule has 6 nitrogen and oxygen atoms in total. The smallest absolute Gasteiger partial charge is 0.306 e. The highest BCUT2D eigenvalue weighted by atomic mass is 16.6. The molecule has 460 valence electrons. The van der Waals surface area contributed by atoms with E-state index in [-0.39, 0.29) is 31.6 Å². The average molecular weight is 1130 g/mol. The molecule has 0 radical (unpaired) electrons. The highest BCUT2D eigenvalue weighted by molar-refractivity contribution is 5.71. The number of hydrogen-bond donors (Lipinski definition) is 0. The summed E-state index contributed by atoms with van der Waals surface area (Å²) < 4.78 is 16.8. The predicted octanol–water partition coefficient (Wildman–Crippen LogP) is 23.0. The van der Waals surface area contributed by atoms with E-state index >= 15 is 0 Å². The molecule has 0 aromatic heterocycles. The van der Waals surface area contributed by atoms with Crippen molar-refractivity contribution in [1.82, 2.24) is 0 Å². The van der Waals surface area contributed by atoms with Crippen LogP contribution in [-0.4, -0.2) is 37.2 Å². The number of esters is 3. The quantitative estimate of drug-likeness (QED) is 0.0261. The molecule has 0 aliphatic carbocycles. The van der Waals surface area contributed by atoms with E-state index in [1.54, 1.807) is 0 Å². The predicted molar refractivity (Wildman–Crippen MR) is 357 cm³/mol. The fraction of sp³-hybridized carbons (Fsp3) is 0.592. The zero-order valence-corrected chi connectivity index (χ0v) is 52.7. The lowest BCUT2D eigenvalue weighted by molar-refractivity contribution is -0.166. The van der Waals surface area contributed by atoms with Gasteiger partial charge in [0.1, 0.15) is 13.2 Å². The second-order valence-electron chi connectivity index (χ2n) is 21.3. The van der Waals surface area contributed by atoms with Gasteiger partial charge in [0.25, 0.3) is 0 Å². The Hall–Kier alpha value is -5.23. The van der Waals surface area contributed by atoms with E-state index in [2.05, 4.69) is 179 Å². The Kier molecular flexibility index (Phi) is 63.9. The van der Waals surface area contributed by atoms with Gasteiger partial charge in [-0.05, 0) is 135 Å². The van der Waals surface area contributed by atoms with Crippen LogP contribution in [0.4, 0.5) is 0 Å². The van der Waals surface area contributed by atoms with Crippen molar-refractivity contribution in [2.45, 2.75) is 277 Å². The molecule has 0 amide bonds. The fourth-order valence-electron chi connectivity index (χ4n) is 8.55. The van der Waals surface area contributed by atoms with Crippen molar-refractivity contribution in [2.24, 2.45) is 0 Å². The van der Waals surface area contributed by atoms with Crippen LogP contribution in [0.15, 0.2) is 170 Å². The van der Waals surface area contributed by atoms with Gasteiger partial charge in [-0.25, -0.2) is 0 Å². The molecule has 0 N–H and O–H groups in total. The monoisotopic (exact) mass is 1130 g/mol. The summed E-state index contributed by atoms with van der Waals surface area (Å²) >= 11 is 0. The van der Waals surface area contributed by atoms with Crippen LogP contribution < -0.4 is 0 Å². The number of hydrogen-bond acceptors (Lipinski definition) is 6. The molecule has 0 fully saturated rings. The van der Waals surface area contributed by atoms with Gasteiger partial charge in [-0.3, -0.25) is 14.4 Å². The molecular weight excluding hydrogens is 1010 g/mol. The second-order valence-corrected chi connectivity index (χ2v) is 21.3. The first-order chi connectivity index (χ1) is 40.5. The van der Waals surface area contributed by atoms with Crippen LogP contribution in [0.2, 0.25) is 0 Å². The van der Waals surface area contributed by atoms with Crippen molar-refractivity contribution in [3.05, 3.63) is 170 Å². The molecule has 0 aliphatic rings. The highest BCUT2D eigenvalue weighted by Gasteiger charge is 2.19. The van der Waals surface area contributed by atoms with Gasteiger partial charge in [0.15, 0.2) is 6.10 Å². The molecule has 1 unspecified atom stereocenters. The van der Waals surface area contributed by atoms with Crippen LogP contribution in [0.1, 0.15) is 271 Å². The standard InChI is InChI=1S/C76H120O6/c1-4-7-10-13-16-19-22-25-28-30-32-33-34-35-36-37-38-39-40-41-42-43-45-46-48-51-54-57-60-63-66-69-75(78)81-72-73(71-80-74(77)68-65-62-59-56-53-50-27-24-21-18-15-12-9-6-3)82-76(79)70-67-64-61-58-55-52-49-47-44-31-29-26-23-20-17-14-11-8-5-2/h7-8,10-11,15-20,24-29,32-33,35-36,38-39,44,47,52,55,61,64,73H,4-6,9,12-14,21-23,30-31,34,37,40-43,45-46,48-51,53-54,56-60,62-63,65-72H2,1-3H3/b10-7-,11-8-,18-15-,19-16-,20-17-,27-24-,28-25-,29-26-,33-32-,36-35-,39-38-,47-44-,55-52-,64-61-. The van der Waals surface area contributed by atoms with Crippen molar-refractivity contribution in [3.63, 3.8) is 0 Å². The summed E-state index contributed by atoms with van der Waals surface area (Å²) in [5.41, 5.74) is 0. The van der Waals surface area contributed by atoms with E-state index in [4.69, 9.17) is 14.2 Å². The van der Waals surface area contributed by atoms with Crippen molar-refractivity contribution in [3.8, 4) is 0 Å². The number of allylic oxidation sites excluding steroid dienone is 28. The Balaban J connectivity index is 4.39. The van der Waals surface area contributed by atoms with Crippen LogP contribution in [0, 0.1) is 0 Å². The molecule has 0 rings (SSSR count). The zero-order chi connectivity index (χ0) is 59.2. The van der Waals surface area contributed by atoms with Gasteiger partial charge < -0.3 is 14.2 Å². The van der Waals surface area contributed by atoms with Gasteiger partial charge in [-0.15, -0.1) is 0 Å². The van der Waals surface area contributed by atoms with Crippen molar-refractivity contribution in [1.29, 1.82) is 0 Å². The van der Waals surface area contributed by atoms with E-state index < -0.39 is 12.1 Å². The van der Waals surface area contributed by atoms with Crippen molar-refractivity contribution >= 4 is 17.9 Å². The highest BCUT2D eigenvalue weighted by Crippen LogP contribution is 2.15. The third-order valence-electron chi connectivity index (χ3n) is 13.4. The molecule has 82 heavy (non-hydrogen) atoms. The van der Waals surface area contributed by atoms with Gasteiger partial charge in [-0.1, -0.05) is 287 Å². The maximum absolute atomic E-state index is 12.9. The molecule has 0 saturated heterocycles. The molecule has 0 heterocycles. The van der Waals surface area contributed by atoms with Gasteiger partial charge in [-0.2, -0.15) is 0 Å². The topological polar surface area (TPSA) is 78.9 Å². The number of ether oxygens (including phenoxy) is 3.